The van der Waals surface area contributed by atoms with Crippen LogP contribution in [-0.4, -0.2) is 44.2 Å². The number of fused-ring (bicyclic) bond motifs is 1. The Kier molecular flexibility index (Phi) is 4.43. The molecule has 1 atom stereocenters. The average molecular weight is 305 g/mol. The fourth-order valence-electron chi connectivity index (χ4n) is 2.41. The number of piperazine rings is 1. The van der Waals surface area contributed by atoms with Crippen LogP contribution >= 0.6 is 0 Å². The molecule has 0 radical (unpaired) electrons. The normalized spacial score (nSPS) is 20.7. The van der Waals surface area contributed by atoms with E-state index in [2.05, 4.69) is 16.0 Å². The van der Waals surface area contributed by atoms with Crippen molar-refractivity contribution < 1.29 is 19.1 Å². The van der Waals surface area contributed by atoms with Gasteiger partial charge in [0.25, 0.3) is 0 Å². The second kappa shape index (κ2) is 6.65. The monoisotopic (exact) mass is 305 g/mol. The van der Waals surface area contributed by atoms with Crippen LogP contribution in [0.1, 0.15) is 12.0 Å². The number of carbonyl (C=O) groups is 2. The molecule has 7 heteroatoms. The second-order valence-electron chi connectivity index (χ2n) is 5.30. The van der Waals surface area contributed by atoms with Crippen molar-refractivity contribution in [1.29, 1.82) is 0 Å². The summed E-state index contributed by atoms with van der Waals surface area (Å²) in [5.74, 6) is 1.07. The molecule has 3 rings (SSSR count). The van der Waals surface area contributed by atoms with Crippen LogP contribution < -0.4 is 25.4 Å². The van der Waals surface area contributed by atoms with E-state index in [0.29, 0.717) is 32.1 Å². The molecular formula is C15H19N3O4. The smallest absolute Gasteiger partial charge is 0.244 e. The van der Waals surface area contributed by atoms with E-state index in [4.69, 9.17) is 9.47 Å². The van der Waals surface area contributed by atoms with Crippen molar-refractivity contribution in [3.63, 3.8) is 0 Å². The number of hydrogen-bond acceptors (Lipinski definition) is 5. The molecule has 2 heterocycles. The van der Waals surface area contributed by atoms with E-state index < -0.39 is 6.04 Å². The van der Waals surface area contributed by atoms with Crippen molar-refractivity contribution in [1.82, 2.24) is 16.0 Å². The van der Waals surface area contributed by atoms with Crippen LogP contribution in [0.3, 0.4) is 0 Å². The van der Waals surface area contributed by atoms with E-state index in [1.165, 1.54) is 0 Å². The minimum absolute atomic E-state index is 0.165. The highest BCUT2D eigenvalue weighted by atomic mass is 16.5. The molecule has 0 spiro atoms. The number of hydrogen-bond donors (Lipinski definition) is 3. The SMILES string of the molecule is O=C1CNCC(C(=O)NCc2ccc3c(c2)OCCCO3)N1. The van der Waals surface area contributed by atoms with Gasteiger partial charge in [0.2, 0.25) is 11.8 Å². The summed E-state index contributed by atoms with van der Waals surface area (Å²) in [4.78, 5) is 23.3. The number of nitrogens with one attached hydrogen (secondary N) is 3. The van der Waals surface area contributed by atoms with E-state index in [1.54, 1.807) is 0 Å². The summed E-state index contributed by atoms with van der Waals surface area (Å²) in [6.45, 7) is 2.35. The van der Waals surface area contributed by atoms with E-state index in [-0.39, 0.29) is 18.4 Å². The summed E-state index contributed by atoms with van der Waals surface area (Å²) in [6.07, 6.45) is 0.856. The number of amides is 2. The highest BCUT2D eigenvalue weighted by Gasteiger charge is 2.24. The molecule has 1 fully saturated rings. The zero-order valence-corrected chi connectivity index (χ0v) is 12.2. The lowest BCUT2D eigenvalue weighted by Gasteiger charge is -2.23. The molecule has 0 saturated carbocycles. The number of carbonyl (C=O) groups excluding carboxylic acids is 2. The maximum atomic E-state index is 12.0. The van der Waals surface area contributed by atoms with Gasteiger partial charge in [0.15, 0.2) is 11.5 Å². The number of ether oxygens (including phenoxy) is 2. The molecule has 0 aliphatic carbocycles. The fraction of sp³-hybridized carbons (Fsp3) is 0.467. The highest BCUT2D eigenvalue weighted by molar-refractivity contribution is 5.89. The molecule has 2 aliphatic heterocycles. The minimum Gasteiger partial charge on any atom is -0.490 e. The van der Waals surface area contributed by atoms with Gasteiger partial charge in [-0.3, -0.25) is 9.59 Å². The maximum Gasteiger partial charge on any atom is 0.244 e. The Morgan fingerprint density at radius 1 is 1.27 bits per heavy atom. The molecule has 1 aromatic rings. The number of benzene rings is 1. The third-order valence-electron chi connectivity index (χ3n) is 3.56. The van der Waals surface area contributed by atoms with E-state index in [9.17, 15) is 9.59 Å². The largest absolute Gasteiger partial charge is 0.490 e. The average Bonchev–Trinajstić information content (AvgIpc) is 2.77. The van der Waals surface area contributed by atoms with Gasteiger partial charge in [-0.05, 0) is 17.7 Å². The van der Waals surface area contributed by atoms with Gasteiger partial charge in [-0.25, -0.2) is 0 Å². The zero-order chi connectivity index (χ0) is 15.4. The van der Waals surface area contributed by atoms with Crippen LogP contribution in [0.15, 0.2) is 18.2 Å². The van der Waals surface area contributed by atoms with E-state index in [0.717, 1.165) is 17.7 Å². The maximum absolute atomic E-state index is 12.0. The van der Waals surface area contributed by atoms with Crippen LogP contribution in [0.2, 0.25) is 0 Å². The predicted octanol–water partition coefficient (Wildman–Crippen LogP) is -0.448. The van der Waals surface area contributed by atoms with Gasteiger partial charge < -0.3 is 25.4 Å². The quantitative estimate of drug-likeness (QED) is 0.704. The van der Waals surface area contributed by atoms with E-state index in [1.807, 2.05) is 18.2 Å². The first kappa shape index (κ1) is 14.6. The van der Waals surface area contributed by atoms with Crippen molar-refractivity contribution in [3.05, 3.63) is 23.8 Å². The highest BCUT2D eigenvalue weighted by Crippen LogP contribution is 2.30. The molecule has 1 saturated heterocycles. The van der Waals surface area contributed by atoms with Crippen molar-refractivity contribution in [2.45, 2.75) is 19.0 Å². The Hall–Kier alpha value is -2.28. The van der Waals surface area contributed by atoms with Crippen molar-refractivity contribution >= 4 is 11.8 Å². The van der Waals surface area contributed by atoms with Gasteiger partial charge in [-0.1, -0.05) is 6.07 Å². The van der Waals surface area contributed by atoms with Crippen LogP contribution in [0.25, 0.3) is 0 Å². The molecule has 2 amide bonds. The Balaban J connectivity index is 1.58. The predicted molar refractivity (Wildman–Crippen MR) is 78.7 cm³/mol. The first-order chi connectivity index (χ1) is 10.7. The second-order valence-corrected chi connectivity index (χ2v) is 5.30. The van der Waals surface area contributed by atoms with Crippen molar-refractivity contribution in [2.24, 2.45) is 0 Å². The van der Waals surface area contributed by atoms with Crippen LogP contribution in [0.4, 0.5) is 0 Å². The fourth-order valence-corrected chi connectivity index (χ4v) is 2.41. The lowest BCUT2D eigenvalue weighted by molar-refractivity contribution is -0.130. The first-order valence-corrected chi connectivity index (χ1v) is 7.39. The molecule has 1 unspecified atom stereocenters. The Labute approximate surface area is 128 Å². The van der Waals surface area contributed by atoms with Gasteiger partial charge in [-0.15, -0.1) is 0 Å². The third kappa shape index (κ3) is 3.48. The summed E-state index contributed by atoms with van der Waals surface area (Å²) in [5.41, 5.74) is 0.924. The Bertz CT molecular complexity index is 576. The summed E-state index contributed by atoms with van der Waals surface area (Å²) >= 11 is 0. The molecular weight excluding hydrogens is 286 g/mol. The Morgan fingerprint density at radius 3 is 2.91 bits per heavy atom. The summed E-state index contributed by atoms with van der Waals surface area (Å²) in [6, 6.07) is 5.10. The van der Waals surface area contributed by atoms with Gasteiger partial charge >= 0.3 is 0 Å². The molecule has 2 aliphatic rings. The zero-order valence-electron chi connectivity index (χ0n) is 12.2. The summed E-state index contributed by atoms with van der Waals surface area (Å²) in [7, 11) is 0. The Morgan fingerprint density at radius 2 is 2.09 bits per heavy atom. The van der Waals surface area contributed by atoms with Crippen LogP contribution in [0, 0.1) is 0 Å². The molecule has 22 heavy (non-hydrogen) atoms. The molecule has 1 aromatic carbocycles. The van der Waals surface area contributed by atoms with Crippen LogP contribution in [0.5, 0.6) is 11.5 Å². The van der Waals surface area contributed by atoms with Gasteiger partial charge in [0.1, 0.15) is 6.04 Å². The summed E-state index contributed by atoms with van der Waals surface area (Å²) < 4.78 is 11.2. The number of rotatable bonds is 3. The van der Waals surface area contributed by atoms with Crippen LogP contribution in [-0.2, 0) is 16.1 Å². The van der Waals surface area contributed by atoms with Crippen molar-refractivity contribution in [2.75, 3.05) is 26.3 Å². The van der Waals surface area contributed by atoms with Gasteiger partial charge in [0.05, 0.1) is 19.8 Å². The molecule has 3 N–H and O–H groups in total. The third-order valence-corrected chi connectivity index (χ3v) is 3.56. The molecule has 7 nitrogen and oxygen atoms in total. The first-order valence-electron chi connectivity index (χ1n) is 7.39. The molecule has 118 valence electrons. The topological polar surface area (TPSA) is 88.7 Å². The summed E-state index contributed by atoms with van der Waals surface area (Å²) in [5, 5.41) is 8.38. The lowest BCUT2D eigenvalue weighted by atomic mass is 10.1. The van der Waals surface area contributed by atoms with E-state index >= 15 is 0 Å². The molecule has 0 bridgehead atoms. The molecule has 0 aromatic heterocycles. The lowest BCUT2D eigenvalue weighted by Crippen LogP contribution is -2.58. The minimum atomic E-state index is -0.526. The van der Waals surface area contributed by atoms with Crippen molar-refractivity contribution in [3.8, 4) is 11.5 Å². The standard InChI is InChI=1S/C15H19N3O4/c19-14-9-16-8-11(18-14)15(20)17-7-10-2-3-12-13(6-10)22-5-1-4-21-12/h2-3,6,11,16H,1,4-5,7-9H2,(H,17,20)(H,18,19). The van der Waals surface area contributed by atoms with Gasteiger partial charge in [0, 0.05) is 19.5 Å². The van der Waals surface area contributed by atoms with Gasteiger partial charge in [-0.2, -0.15) is 0 Å².